The topological polar surface area (TPSA) is 66.4 Å². The molecule has 0 saturated heterocycles. The summed E-state index contributed by atoms with van der Waals surface area (Å²) in [5.74, 6) is -0.429. The first-order valence-corrected chi connectivity index (χ1v) is 8.33. The molecule has 1 fully saturated rings. The number of carboxylic acid groups (broad SMARTS) is 1. The highest BCUT2D eigenvalue weighted by Crippen LogP contribution is 2.29. The number of carboxylic acids is 1. The van der Waals surface area contributed by atoms with E-state index in [2.05, 4.69) is 5.32 Å². The summed E-state index contributed by atoms with van der Waals surface area (Å²) in [7, 11) is 0. The molecule has 2 unspecified atom stereocenters. The van der Waals surface area contributed by atoms with E-state index in [0.717, 1.165) is 18.6 Å². The van der Waals surface area contributed by atoms with Crippen molar-refractivity contribution >= 4 is 23.6 Å². The van der Waals surface area contributed by atoms with Gasteiger partial charge in [-0.25, -0.2) is 0 Å². The predicted molar refractivity (Wildman–Crippen MR) is 83.3 cm³/mol. The summed E-state index contributed by atoms with van der Waals surface area (Å²) < 4.78 is 0. The van der Waals surface area contributed by atoms with Gasteiger partial charge in [0.2, 0.25) is 5.91 Å². The number of aliphatic carboxylic acids is 1. The van der Waals surface area contributed by atoms with Crippen molar-refractivity contribution in [2.45, 2.75) is 30.6 Å². The quantitative estimate of drug-likeness (QED) is 0.626. The third-order valence-electron chi connectivity index (χ3n) is 3.81. The standard InChI is InChI=1S/C16H21NO3S/c18-15(12-5-4-6-13(11-12)16(19)20)17-9-10-21-14-7-2-1-3-8-14/h1-3,7-8,12-13H,4-6,9-11H2,(H,17,18)(H,19,20). The van der Waals surface area contributed by atoms with E-state index in [1.807, 2.05) is 30.3 Å². The van der Waals surface area contributed by atoms with Gasteiger partial charge in [-0.3, -0.25) is 9.59 Å². The molecule has 21 heavy (non-hydrogen) atoms. The van der Waals surface area contributed by atoms with Crippen LogP contribution >= 0.6 is 11.8 Å². The smallest absolute Gasteiger partial charge is 0.306 e. The molecular weight excluding hydrogens is 286 g/mol. The Morgan fingerprint density at radius 1 is 1.19 bits per heavy atom. The molecule has 0 bridgehead atoms. The second kappa shape index (κ2) is 8.08. The summed E-state index contributed by atoms with van der Waals surface area (Å²) in [6, 6.07) is 10.1. The van der Waals surface area contributed by atoms with E-state index >= 15 is 0 Å². The Hall–Kier alpha value is -1.49. The van der Waals surface area contributed by atoms with Crippen LogP contribution in [0.4, 0.5) is 0 Å². The highest BCUT2D eigenvalue weighted by Gasteiger charge is 2.30. The molecule has 5 heteroatoms. The first-order valence-electron chi connectivity index (χ1n) is 7.35. The lowest BCUT2D eigenvalue weighted by atomic mass is 9.81. The van der Waals surface area contributed by atoms with E-state index < -0.39 is 5.97 Å². The number of carbonyl (C=O) groups is 2. The van der Waals surface area contributed by atoms with Crippen molar-refractivity contribution in [2.75, 3.05) is 12.3 Å². The fourth-order valence-electron chi connectivity index (χ4n) is 2.66. The molecule has 1 aliphatic carbocycles. The Balaban J connectivity index is 1.68. The average molecular weight is 307 g/mol. The van der Waals surface area contributed by atoms with Gasteiger partial charge in [0.05, 0.1) is 5.92 Å². The largest absolute Gasteiger partial charge is 0.481 e. The Kier molecular flexibility index (Phi) is 6.11. The van der Waals surface area contributed by atoms with Crippen LogP contribution in [0.15, 0.2) is 35.2 Å². The van der Waals surface area contributed by atoms with Gasteiger partial charge in [0, 0.05) is 23.1 Å². The van der Waals surface area contributed by atoms with Crippen molar-refractivity contribution in [3.63, 3.8) is 0 Å². The first kappa shape index (κ1) is 15.9. The average Bonchev–Trinajstić information content (AvgIpc) is 2.52. The van der Waals surface area contributed by atoms with Crippen LogP contribution in [0, 0.1) is 11.8 Å². The van der Waals surface area contributed by atoms with Gasteiger partial charge in [0.15, 0.2) is 0 Å². The second-order valence-corrected chi connectivity index (χ2v) is 6.52. The van der Waals surface area contributed by atoms with Gasteiger partial charge in [0.25, 0.3) is 0 Å². The number of amides is 1. The summed E-state index contributed by atoms with van der Waals surface area (Å²) in [5.41, 5.74) is 0. The number of hydrogen-bond donors (Lipinski definition) is 2. The Labute approximate surface area is 129 Å². The van der Waals surface area contributed by atoms with E-state index in [4.69, 9.17) is 5.11 Å². The van der Waals surface area contributed by atoms with Gasteiger partial charge in [-0.15, -0.1) is 11.8 Å². The van der Waals surface area contributed by atoms with E-state index in [0.29, 0.717) is 19.4 Å². The van der Waals surface area contributed by atoms with Crippen molar-refractivity contribution in [1.82, 2.24) is 5.32 Å². The number of carbonyl (C=O) groups excluding carboxylic acids is 1. The fraction of sp³-hybridized carbons (Fsp3) is 0.500. The van der Waals surface area contributed by atoms with Crippen LogP contribution in [0.5, 0.6) is 0 Å². The summed E-state index contributed by atoms with van der Waals surface area (Å²) in [5, 5.41) is 12.0. The molecule has 2 rings (SSSR count). The van der Waals surface area contributed by atoms with Crippen molar-refractivity contribution < 1.29 is 14.7 Å². The highest BCUT2D eigenvalue weighted by atomic mass is 32.2. The molecule has 1 aromatic carbocycles. The zero-order valence-corrected chi connectivity index (χ0v) is 12.8. The van der Waals surface area contributed by atoms with E-state index in [9.17, 15) is 9.59 Å². The molecule has 1 amide bonds. The first-order chi connectivity index (χ1) is 10.2. The lowest BCUT2D eigenvalue weighted by Crippen LogP contribution is -2.36. The number of benzene rings is 1. The molecule has 4 nitrogen and oxygen atoms in total. The molecule has 0 heterocycles. The maximum Gasteiger partial charge on any atom is 0.306 e. The van der Waals surface area contributed by atoms with E-state index in [1.54, 1.807) is 11.8 Å². The number of thioether (sulfide) groups is 1. The molecule has 2 N–H and O–H groups in total. The van der Waals surface area contributed by atoms with Crippen LogP contribution in [0.25, 0.3) is 0 Å². The van der Waals surface area contributed by atoms with Crippen LogP contribution in [-0.2, 0) is 9.59 Å². The molecule has 1 saturated carbocycles. The van der Waals surface area contributed by atoms with Gasteiger partial charge < -0.3 is 10.4 Å². The molecule has 1 aliphatic rings. The Morgan fingerprint density at radius 3 is 2.62 bits per heavy atom. The molecule has 2 atom stereocenters. The minimum absolute atomic E-state index is 0.00890. The Bertz CT molecular complexity index is 478. The predicted octanol–water partition coefficient (Wildman–Crippen LogP) is 2.79. The second-order valence-electron chi connectivity index (χ2n) is 5.35. The number of nitrogens with one attached hydrogen (secondary N) is 1. The van der Waals surface area contributed by atoms with Crippen molar-refractivity contribution in [2.24, 2.45) is 11.8 Å². The van der Waals surface area contributed by atoms with Crippen LogP contribution in [0.3, 0.4) is 0 Å². The van der Waals surface area contributed by atoms with Gasteiger partial charge in [-0.1, -0.05) is 24.6 Å². The molecular formula is C16H21NO3S. The van der Waals surface area contributed by atoms with Crippen LogP contribution in [-0.4, -0.2) is 29.3 Å². The molecule has 0 aromatic heterocycles. The van der Waals surface area contributed by atoms with Gasteiger partial charge in [-0.05, 0) is 31.4 Å². The molecule has 0 radical (unpaired) electrons. The van der Waals surface area contributed by atoms with Crippen LogP contribution < -0.4 is 5.32 Å². The summed E-state index contributed by atoms with van der Waals surface area (Å²) >= 11 is 1.71. The lowest BCUT2D eigenvalue weighted by molar-refractivity contribution is -0.144. The van der Waals surface area contributed by atoms with E-state index in [-0.39, 0.29) is 17.7 Å². The Morgan fingerprint density at radius 2 is 1.90 bits per heavy atom. The van der Waals surface area contributed by atoms with Crippen LogP contribution in [0.1, 0.15) is 25.7 Å². The minimum Gasteiger partial charge on any atom is -0.481 e. The zero-order valence-electron chi connectivity index (χ0n) is 12.0. The fourth-order valence-corrected chi connectivity index (χ4v) is 3.45. The van der Waals surface area contributed by atoms with Crippen LogP contribution in [0.2, 0.25) is 0 Å². The minimum atomic E-state index is -0.771. The van der Waals surface area contributed by atoms with Crippen molar-refractivity contribution in [3.05, 3.63) is 30.3 Å². The molecule has 1 aromatic rings. The van der Waals surface area contributed by atoms with Gasteiger partial charge in [-0.2, -0.15) is 0 Å². The van der Waals surface area contributed by atoms with E-state index in [1.165, 1.54) is 4.90 Å². The third kappa shape index (κ3) is 5.08. The highest BCUT2D eigenvalue weighted by molar-refractivity contribution is 7.99. The summed E-state index contributed by atoms with van der Waals surface area (Å²) in [6.07, 6.45) is 2.81. The molecule has 0 spiro atoms. The van der Waals surface area contributed by atoms with Gasteiger partial charge >= 0.3 is 5.97 Å². The zero-order chi connectivity index (χ0) is 15.1. The van der Waals surface area contributed by atoms with Gasteiger partial charge in [0.1, 0.15) is 0 Å². The van der Waals surface area contributed by atoms with Crippen molar-refractivity contribution in [1.29, 1.82) is 0 Å². The maximum atomic E-state index is 12.1. The normalized spacial score (nSPS) is 21.7. The van der Waals surface area contributed by atoms with Crippen molar-refractivity contribution in [3.8, 4) is 0 Å². The summed E-state index contributed by atoms with van der Waals surface area (Å²) in [6.45, 7) is 0.618. The maximum absolute atomic E-state index is 12.1. The molecule has 114 valence electrons. The third-order valence-corrected chi connectivity index (χ3v) is 4.82. The number of rotatable bonds is 6. The summed E-state index contributed by atoms with van der Waals surface area (Å²) in [4.78, 5) is 24.3. The lowest BCUT2D eigenvalue weighted by Gasteiger charge is -2.25. The number of hydrogen-bond acceptors (Lipinski definition) is 3. The molecule has 0 aliphatic heterocycles. The monoisotopic (exact) mass is 307 g/mol. The SMILES string of the molecule is O=C(O)C1CCCC(C(=O)NCCSc2ccccc2)C1.